The Morgan fingerprint density at radius 2 is 2.37 bits per heavy atom. The Morgan fingerprint density at radius 3 is 3.11 bits per heavy atom. The third-order valence-electron chi connectivity index (χ3n) is 3.91. The second-order valence-corrected chi connectivity index (χ2v) is 5.54. The van der Waals surface area contributed by atoms with Crippen molar-refractivity contribution < 1.29 is 13.9 Å². The van der Waals surface area contributed by atoms with Gasteiger partial charge in [-0.2, -0.15) is 0 Å². The highest BCUT2D eigenvalue weighted by atomic mass is 16.5. The van der Waals surface area contributed by atoms with Crippen molar-refractivity contribution >= 4 is 5.97 Å². The molecule has 1 fully saturated rings. The minimum Gasteiger partial charge on any atom is -0.463 e. The molecule has 2 unspecified atom stereocenters. The van der Waals surface area contributed by atoms with Gasteiger partial charge in [-0.3, -0.25) is 0 Å². The lowest BCUT2D eigenvalue weighted by molar-refractivity contribution is 0.0563. The standard InChI is InChI=1S/C15H23NO3/c1-11-4-3-5-12(8-11)9-16-10-13-6-7-19-14(13)15(17)18-2/h6-7,11-12,16H,3-5,8-10H2,1-2H3. The van der Waals surface area contributed by atoms with Crippen LogP contribution in [0.2, 0.25) is 0 Å². The second-order valence-electron chi connectivity index (χ2n) is 5.54. The van der Waals surface area contributed by atoms with Crippen molar-refractivity contribution in [3.05, 3.63) is 23.7 Å². The number of carbonyl (C=O) groups excluding carboxylic acids is 1. The monoisotopic (exact) mass is 265 g/mol. The summed E-state index contributed by atoms with van der Waals surface area (Å²) in [5.74, 6) is 1.51. The largest absolute Gasteiger partial charge is 0.463 e. The summed E-state index contributed by atoms with van der Waals surface area (Å²) >= 11 is 0. The van der Waals surface area contributed by atoms with Gasteiger partial charge in [0, 0.05) is 12.1 Å². The van der Waals surface area contributed by atoms with Gasteiger partial charge in [-0.05, 0) is 37.3 Å². The van der Waals surface area contributed by atoms with E-state index < -0.39 is 5.97 Å². The topological polar surface area (TPSA) is 51.5 Å². The van der Waals surface area contributed by atoms with Gasteiger partial charge in [0.05, 0.1) is 13.4 Å². The number of furan rings is 1. The van der Waals surface area contributed by atoms with Gasteiger partial charge in [0.25, 0.3) is 0 Å². The van der Waals surface area contributed by atoms with Gasteiger partial charge in [-0.1, -0.05) is 19.8 Å². The van der Waals surface area contributed by atoms with E-state index in [1.165, 1.54) is 39.1 Å². The lowest BCUT2D eigenvalue weighted by Crippen LogP contribution is -2.26. The highest BCUT2D eigenvalue weighted by Gasteiger charge is 2.19. The fraction of sp³-hybridized carbons (Fsp3) is 0.667. The summed E-state index contributed by atoms with van der Waals surface area (Å²) in [5.41, 5.74) is 0.871. The number of esters is 1. The second kappa shape index (κ2) is 6.75. The first-order valence-electron chi connectivity index (χ1n) is 7.06. The maximum Gasteiger partial charge on any atom is 0.374 e. The zero-order valence-electron chi connectivity index (χ0n) is 11.8. The molecule has 2 atom stereocenters. The number of hydrogen-bond acceptors (Lipinski definition) is 4. The van der Waals surface area contributed by atoms with E-state index in [4.69, 9.17) is 4.42 Å². The van der Waals surface area contributed by atoms with Crippen LogP contribution >= 0.6 is 0 Å². The van der Waals surface area contributed by atoms with Crippen LogP contribution in [0.15, 0.2) is 16.7 Å². The minimum absolute atomic E-state index is 0.312. The van der Waals surface area contributed by atoms with Crippen LogP contribution in [-0.4, -0.2) is 19.6 Å². The number of hydrogen-bond donors (Lipinski definition) is 1. The van der Waals surface area contributed by atoms with Crippen LogP contribution in [0, 0.1) is 11.8 Å². The molecule has 4 heteroatoms. The fourth-order valence-corrected chi connectivity index (χ4v) is 2.90. The predicted octanol–water partition coefficient (Wildman–Crippen LogP) is 2.98. The van der Waals surface area contributed by atoms with E-state index in [9.17, 15) is 4.79 Å². The average molecular weight is 265 g/mol. The van der Waals surface area contributed by atoms with Gasteiger partial charge < -0.3 is 14.5 Å². The molecule has 0 amide bonds. The van der Waals surface area contributed by atoms with Gasteiger partial charge >= 0.3 is 5.97 Å². The molecule has 19 heavy (non-hydrogen) atoms. The molecule has 0 bridgehead atoms. The average Bonchev–Trinajstić information content (AvgIpc) is 2.86. The van der Waals surface area contributed by atoms with Gasteiger partial charge in [0.15, 0.2) is 0 Å². The molecule has 1 aliphatic rings. The summed E-state index contributed by atoms with van der Waals surface area (Å²) in [6, 6.07) is 1.82. The number of methoxy groups -OCH3 is 1. The van der Waals surface area contributed by atoms with Crippen molar-refractivity contribution in [2.24, 2.45) is 11.8 Å². The molecule has 4 nitrogen and oxygen atoms in total. The highest BCUT2D eigenvalue weighted by Crippen LogP contribution is 2.28. The van der Waals surface area contributed by atoms with Crippen molar-refractivity contribution in [2.45, 2.75) is 39.2 Å². The zero-order valence-corrected chi connectivity index (χ0v) is 11.8. The molecule has 0 radical (unpaired) electrons. The summed E-state index contributed by atoms with van der Waals surface area (Å²) in [4.78, 5) is 11.5. The van der Waals surface area contributed by atoms with Crippen LogP contribution < -0.4 is 5.32 Å². The molecule has 1 aromatic heterocycles. The fourth-order valence-electron chi connectivity index (χ4n) is 2.90. The summed E-state index contributed by atoms with van der Waals surface area (Å²) < 4.78 is 9.85. The van der Waals surface area contributed by atoms with E-state index in [2.05, 4.69) is 17.0 Å². The van der Waals surface area contributed by atoms with E-state index in [1.807, 2.05) is 6.07 Å². The van der Waals surface area contributed by atoms with E-state index in [-0.39, 0.29) is 0 Å². The molecule has 1 heterocycles. The van der Waals surface area contributed by atoms with Crippen LogP contribution in [-0.2, 0) is 11.3 Å². The SMILES string of the molecule is COC(=O)c1occc1CNCC1CCCC(C)C1. The number of ether oxygens (including phenoxy) is 1. The van der Waals surface area contributed by atoms with Gasteiger partial charge in [-0.25, -0.2) is 4.79 Å². The third-order valence-corrected chi connectivity index (χ3v) is 3.91. The van der Waals surface area contributed by atoms with Gasteiger partial charge in [0.1, 0.15) is 0 Å². The van der Waals surface area contributed by atoms with Crippen molar-refractivity contribution in [2.75, 3.05) is 13.7 Å². The Morgan fingerprint density at radius 1 is 1.53 bits per heavy atom. The van der Waals surface area contributed by atoms with E-state index in [0.29, 0.717) is 12.3 Å². The Balaban J connectivity index is 1.79. The van der Waals surface area contributed by atoms with E-state index in [1.54, 1.807) is 0 Å². The van der Waals surface area contributed by atoms with Crippen molar-refractivity contribution in [3.63, 3.8) is 0 Å². The number of rotatable bonds is 5. The molecule has 1 saturated carbocycles. The van der Waals surface area contributed by atoms with Crippen molar-refractivity contribution in [3.8, 4) is 0 Å². The highest BCUT2D eigenvalue weighted by molar-refractivity contribution is 5.87. The summed E-state index contributed by atoms with van der Waals surface area (Å²) in [5, 5.41) is 3.43. The Hall–Kier alpha value is -1.29. The first-order valence-corrected chi connectivity index (χ1v) is 7.06. The maximum atomic E-state index is 11.5. The van der Waals surface area contributed by atoms with Crippen LogP contribution in [0.1, 0.15) is 48.7 Å². The molecule has 1 N–H and O–H groups in total. The molecule has 0 aromatic carbocycles. The van der Waals surface area contributed by atoms with Crippen molar-refractivity contribution in [1.82, 2.24) is 5.32 Å². The Bertz CT molecular complexity index is 413. The molecule has 0 spiro atoms. The molecule has 2 rings (SSSR count). The summed E-state index contributed by atoms with van der Waals surface area (Å²) in [7, 11) is 1.37. The summed E-state index contributed by atoms with van der Waals surface area (Å²) in [6.45, 7) is 4.00. The molecular weight excluding hydrogens is 242 g/mol. The van der Waals surface area contributed by atoms with Crippen LogP contribution in [0.3, 0.4) is 0 Å². The molecule has 106 valence electrons. The van der Waals surface area contributed by atoms with Gasteiger partial charge in [0.2, 0.25) is 5.76 Å². The van der Waals surface area contributed by atoms with Crippen LogP contribution in [0.4, 0.5) is 0 Å². The summed E-state index contributed by atoms with van der Waals surface area (Å²) in [6.07, 6.45) is 6.86. The first kappa shape index (κ1) is 14.1. The van der Waals surface area contributed by atoms with E-state index >= 15 is 0 Å². The molecule has 0 saturated heterocycles. The minimum atomic E-state index is -0.409. The van der Waals surface area contributed by atoms with Crippen LogP contribution in [0.5, 0.6) is 0 Å². The molecular formula is C15H23NO3. The zero-order chi connectivity index (χ0) is 13.7. The first-order chi connectivity index (χ1) is 9.20. The van der Waals surface area contributed by atoms with E-state index in [0.717, 1.165) is 23.9 Å². The smallest absolute Gasteiger partial charge is 0.374 e. The van der Waals surface area contributed by atoms with Crippen LogP contribution in [0.25, 0.3) is 0 Å². The Labute approximate surface area is 114 Å². The number of nitrogens with one attached hydrogen (secondary N) is 1. The maximum absolute atomic E-state index is 11.5. The number of carbonyl (C=O) groups is 1. The van der Waals surface area contributed by atoms with Gasteiger partial charge in [-0.15, -0.1) is 0 Å². The van der Waals surface area contributed by atoms with Crippen molar-refractivity contribution in [1.29, 1.82) is 0 Å². The molecule has 1 aromatic rings. The molecule has 0 aliphatic heterocycles. The normalized spacial score (nSPS) is 23.3. The Kier molecular flexibility index (Phi) is 5.02. The quantitative estimate of drug-likeness (QED) is 0.832. The third kappa shape index (κ3) is 3.83. The lowest BCUT2D eigenvalue weighted by atomic mass is 9.82. The lowest BCUT2D eigenvalue weighted by Gasteiger charge is -2.26. The molecule has 1 aliphatic carbocycles. The predicted molar refractivity (Wildman–Crippen MR) is 72.9 cm³/mol.